The summed E-state index contributed by atoms with van der Waals surface area (Å²) in [7, 11) is 0. The maximum atomic E-state index is 12.5. The van der Waals surface area contributed by atoms with Gasteiger partial charge in [0.25, 0.3) is 0 Å². The summed E-state index contributed by atoms with van der Waals surface area (Å²) in [4.78, 5) is 12.5. The quantitative estimate of drug-likeness (QED) is 0.504. The average molecular weight is 377 g/mol. The minimum atomic E-state index is -0.431. The lowest BCUT2D eigenvalue weighted by atomic mass is 10.0. The number of benzene rings is 2. The Labute approximate surface area is 145 Å². The number of halogens is 1. The van der Waals surface area contributed by atoms with Crippen LogP contribution in [0.15, 0.2) is 46.9 Å². The number of hydrogen-bond acceptors (Lipinski definition) is 3. The first-order chi connectivity index (χ1) is 10.9. The summed E-state index contributed by atoms with van der Waals surface area (Å²) >= 11 is 3.38. The minimum Gasteiger partial charge on any atom is -0.490 e. The van der Waals surface area contributed by atoms with E-state index in [-0.39, 0.29) is 6.10 Å². The van der Waals surface area contributed by atoms with Gasteiger partial charge in [0.1, 0.15) is 17.1 Å². The van der Waals surface area contributed by atoms with Gasteiger partial charge in [-0.05, 0) is 55.7 Å². The van der Waals surface area contributed by atoms with E-state index in [1.165, 1.54) is 5.56 Å². The summed E-state index contributed by atoms with van der Waals surface area (Å²) in [6.07, 6.45) is -0.0203. The first-order valence-electron chi connectivity index (χ1n) is 7.65. The lowest BCUT2D eigenvalue weighted by Crippen LogP contribution is -2.14. The number of carbonyl (C=O) groups excluding carboxylic acids is 1. The molecule has 0 bridgehead atoms. The molecule has 0 spiro atoms. The van der Waals surface area contributed by atoms with Crippen LogP contribution in [0, 0.1) is 0 Å². The van der Waals surface area contributed by atoms with Crippen molar-refractivity contribution in [2.75, 3.05) is 0 Å². The molecule has 0 saturated carbocycles. The van der Waals surface area contributed by atoms with Crippen LogP contribution in [0.2, 0.25) is 0 Å². The summed E-state index contributed by atoms with van der Waals surface area (Å²) in [5, 5.41) is 0. The summed E-state index contributed by atoms with van der Waals surface area (Å²) in [6.45, 7) is 8.08. The smallest absolute Gasteiger partial charge is 0.347 e. The highest BCUT2D eigenvalue weighted by Crippen LogP contribution is 2.26. The van der Waals surface area contributed by atoms with Gasteiger partial charge in [-0.2, -0.15) is 0 Å². The van der Waals surface area contributed by atoms with E-state index in [1.807, 2.05) is 44.2 Å². The van der Waals surface area contributed by atoms with Gasteiger partial charge in [0.2, 0.25) is 0 Å². The Hall–Kier alpha value is -1.81. The molecular weight excluding hydrogens is 356 g/mol. The molecule has 0 N–H and O–H groups in total. The number of rotatable bonds is 5. The molecule has 0 fully saturated rings. The number of esters is 1. The van der Waals surface area contributed by atoms with Crippen molar-refractivity contribution >= 4 is 21.9 Å². The molecule has 23 heavy (non-hydrogen) atoms. The highest BCUT2D eigenvalue weighted by Gasteiger charge is 2.17. The van der Waals surface area contributed by atoms with Crippen LogP contribution in [0.3, 0.4) is 0 Å². The molecule has 0 amide bonds. The van der Waals surface area contributed by atoms with E-state index in [4.69, 9.17) is 9.47 Å². The number of hydrogen-bond donors (Lipinski definition) is 0. The molecule has 0 heterocycles. The van der Waals surface area contributed by atoms with Crippen LogP contribution in [-0.2, 0) is 0 Å². The second-order valence-electron chi connectivity index (χ2n) is 5.92. The fourth-order valence-corrected chi connectivity index (χ4v) is 2.46. The minimum absolute atomic E-state index is 0.0203. The van der Waals surface area contributed by atoms with Crippen molar-refractivity contribution < 1.29 is 14.3 Å². The first kappa shape index (κ1) is 17.5. The summed E-state index contributed by atoms with van der Waals surface area (Å²) in [5.41, 5.74) is 1.61. The van der Waals surface area contributed by atoms with Crippen LogP contribution in [0.1, 0.15) is 49.5 Å². The van der Waals surface area contributed by atoms with Gasteiger partial charge in [-0.15, -0.1) is 0 Å². The lowest BCUT2D eigenvalue weighted by molar-refractivity contribution is 0.0728. The summed E-state index contributed by atoms with van der Waals surface area (Å²) in [6, 6.07) is 12.9. The molecule has 0 aliphatic rings. The normalized spacial score (nSPS) is 10.9. The molecule has 0 aliphatic carbocycles. The fraction of sp³-hybridized carbons (Fsp3) is 0.316. The Morgan fingerprint density at radius 1 is 1.00 bits per heavy atom. The van der Waals surface area contributed by atoms with E-state index in [0.717, 1.165) is 4.47 Å². The first-order valence-corrected chi connectivity index (χ1v) is 8.44. The van der Waals surface area contributed by atoms with Gasteiger partial charge in [0.15, 0.2) is 0 Å². The van der Waals surface area contributed by atoms with Gasteiger partial charge in [-0.3, -0.25) is 0 Å². The second kappa shape index (κ2) is 7.64. The Morgan fingerprint density at radius 2 is 1.65 bits per heavy atom. The third-order valence-electron chi connectivity index (χ3n) is 3.28. The lowest BCUT2D eigenvalue weighted by Gasteiger charge is -2.14. The molecule has 3 nitrogen and oxygen atoms in total. The van der Waals surface area contributed by atoms with Crippen molar-refractivity contribution in [1.29, 1.82) is 0 Å². The molecule has 2 aromatic rings. The average Bonchev–Trinajstić information content (AvgIpc) is 2.49. The Kier molecular flexibility index (Phi) is 5.83. The zero-order valence-corrected chi connectivity index (χ0v) is 15.4. The molecule has 4 heteroatoms. The SMILES string of the molecule is CC(C)Oc1ccc(Br)cc1C(=O)Oc1ccc(C(C)C)cc1. The van der Waals surface area contributed by atoms with Crippen molar-refractivity contribution in [2.24, 2.45) is 0 Å². The predicted molar refractivity (Wildman–Crippen MR) is 95.4 cm³/mol. The zero-order chi connectivity index (χ0) is 17.0. The van der Waals surface area contributed by atoms with Gasteiger partial charge in [-0.25, -0.2) is 4.79 Å². The van der Waals surface area contributed by atoms with Crippen LogP contribution in [0.4, 0.5) is 0 Å². The van der Waals surface area contributed by atoms with E-state index < -0.39 is 5.97 Å². The topological polar surface area (TPSA) is 35.5 Å². The van der Waals surface area contributed by atoms with E-state index in [9.17, 15) is 4.79 Å². The van der Waals surface area contributed by atoms with Crippen LogP contribution < -0.4 is 9.47 Å². The van der Waals surface area contributed by atoms with E-state index in [0.29, 0.717) is 23.0 Å². The van der Waals surface area contributed by atoms with Crippen molar-refractivity contribution in [3.63, 3.8) is 0 Å². The maximum Gasteiger partial charge on any atom is 0.347 e. The molecule has 2 rings (SSSR count). The Morgan fingerprint density at radius 3 is 2.22 bits per heavy atom. The second-order valence-corrected chi connectivity index (χ2v) is 6.84. The van der Waals surface area contributed by atoms with Gasteiger partial charge >= 0.3 is 5.97 Å². The van der Waals surface area contributed by atoms with Crippen LogP contribution in [-0.4, -0.2) is 12.1 Å². The van der Waals surface area contributed by atoms with Crippen LogP contribution in [0.5, 0.6) is 11.5 Å². The Balaban J connectivity index is 2.21. The largest absolute Gasteiger partial charge is 0.490 e. The van der Waals surface area contributed by atoms with Gasteiger partial charge in [0.05, 0.1) is 6.10 Å². The van der Waals surface area contributed by atoms with E-state index in [1.54, 1.807) is 12.1 Å². The molecule has 2 aromatic carbocycles. The fourth-order valence-electron chi connectivity index (χ4n) is 2.10. The number of ether oxygens (including phenoxy) is 2. The molecule has 122 valence electrons. The molecule has 0 aliphatic heterocycles. The standard InChI is InChI=1S/C19H21BrO3/c1-12(2)14-5-8-16(9-6-14)23-19(21)17-11-15(20)7-10-18(17)22-13(3)4/h5-13H,1-4H3. The Bertz CT molecular complexity index is 676. The van der Waals surface area contributed by atoms with Crippen molar-refractivity contribution in [2.45, 2.75) is 39.7 Å². The highest BCUT2D eigenvalue weighted by molar-refractivity contribution is 9.10. The third-order valence-corrected chi connectivity index (χ3v) is 3.77. The van der Waals surface area contributed by atoms with Crippen molar-refractivity contribution in [3.05, 3.63) is 58.1 Å². The molecule has 0 radical (unpaired) electrons. The third kappa shape index (κ3) is 4.83. The van der Waals surface area contributed by atoms with Crippen molar-refractivity contribution in [3.8, 4) is 11.5 Å². The predicted octanol–water partition coefficient (Wildman–Crippen LogP) is 5.58. The van der Waals surface area contributed by atoms with Gasteiger partial charge in [0, 0.05) is 4.47 Å². The molecule has 0 atom stereocenters. The zero-order valence-electron chi connectivity index (χ0n) is 13.8. The molecular formula is C19H21BrO3. The van der Waals surface area contributed by atoms with E-state index >= 15 is 0 Å². The maximum absolute atomic E-state index is 12.5. The van der Waals surface area contributed by atoms with Crippen LogP contribution >= 0.6 is 15.9 Å². The molecule has 0 aromatic heterocycles. The highest BCUT2D eigenvalue weighted by atomic mass is 79.9. The van der Waals surface area contributed by atoms with Crippen LogP contribution in [0.25, 0.3) is 0 Å². The molecule has 0 saturated heterocycles. The molecule has 0 unspecified atom stereocenters. The summed E-state index contributed by atoms with van der Waals surface area (Å²) in [5.74, 6) is 1.05. The van der Waals surface area contributed by atoms with Gasteiger partial charge < -0.3 is 9.47 Å². The number of carbonyl (C=O) groups is 1. The summed E-state index contributed by atoms with van der Waals surface area (Å²) < 4.78 is 12.0. The van der Waals surface area contributed by atoms with Gasteiger partial charge in [-0.1, -0.05) is 41.9 Å². The monoisotopic (exact) mass is 376 g/mol. The van der Waals surface area contributed by atoms with E-state index in [2.05, 4.69) is 29.8 Å². The van der Waals surface area contributed by atoms with Crippen molar-refractivity contribution in [1.82, 2.24) is 0 Å².